The van der Waals surface area contributed by atoms with Gasteiger partial charge in [-0.2, -0.15) is 0 Å². The molecule has 122 valence electrons. The fraction of sp³-hybridized carbons (Fsp3) is 0. The van der Waals surface area contributed by atoms with Crippen molar-refractivity contribution in [1.82, 2.24) is 9.97 Å². The Morgan fingerprint density at radius 2 is 0.962 bits per heavy atom. The zero-order valence-corrected chi connectivity index (χ0v) is 15.3. The summed E-state index contributed by atoms with van der Waals surface area (Å²) >= 11 is 3.10. The molecule has 0 saturated carbocycles. The molecule has 4 heteroatoms. The van der Waals surface area contributed by atoms with Gasteiger partial charge in [0.2, 0.25) is 0 Å². The third-order valence-corrected chi connectivity index (χ3v) is 5.24. The van der Waals surface area contributed by atoms with E-state index in [4.69, 9.17) is 0 Å². The minimum absolute atomic E-state index is 0.765. The normalized spacial score (nSPS) is 9.69. The Hall–Kier alpha value is -3.18. The zero-order valence-electron chi connectivity index (χ0n) is 13.6. The number of aromatic nitrogens is 2. The quantitative estimate of drug-likeness (QED) is 0.439. The van der Waals surface area contributed by atoms with Gasteiger partial charge in [-0.3, -0.25) is 0 Å². The Labute approximate surface area is 160 Å². The maximum atomic E-state index is 4.57. The summed E-state index contributed by atoms with van der Waals surface area (Å²) in [6.07, 6.45) is 0. The highest BCUT2D eigenvalue weighted by Gasteiger charge is 2.08. The summed E-state index contributed by atoms with van der Waals surface area (Å²) in [5.74, 6) is 12.5. The lowest BCUT2D eigenvalue weighted by Gasteiger charge is -1.87. The molecule has 0 spiro atoms. The van der Waals surface area contributed by atoms with E-state index in [0.29, 0.717) is 0 Å². The summed E-state index contributed by atoms with van der Waals surface area (Å²) in [4.78, 5) is 9.14. The van der Waals surface area contributed by atoms with Gasteiger partial charge in [0.05, 0.1) is 0 Å². The highest BCUT2D eigenvalue weighted by molar-refractivity contribution is 7.19. The van der Waals surface area contributed by atoms with Crippen molar-refractivity contribution in [3.05, 3.63) is 93.9 Å². The number of rotatable bonds is 1. The van der Waals surface area contributed by atoms with Crippen LogP contribution in [0.2, 0.25) is 0 Å². The van der Waals surface area contributed by atoms with Crippen LogP contribution in [0, 0.1) is 23.7 Å². The average Bonchev–Trinajstić information content (AvgIpc) is 3.36. The minimum atomic E-state index is 0.765. The Kier molecular flexibility index (Phi) is 4.89. The van der Waals surface area contributed by atoms with Crippen LogP contribution in [0.1, 0.15) is 22.5 Å². The van der Waals surface area contributed by atoms with E-state index in [0.717, 1.165) is 32.5 Å². The molecule has 0 N–H and O–H groups in total. The van der Waals surface area contributed by atoms with Crippen LogP contribution in [0.4, 0.5) is 0 Å². The largest absolute Gasteiger partial charge is 0.225 e. The zero-order chi connectivity index (χ0) is 17.6. The molecule has 0 aliphatic carbocycles. The van der Waals surface area contributed by atoms with Crippen LogP contribution in [-0.2, 0) is 0 Å². The van der Waals surface area contributed by atoms with E-state index in [2.05, 4.69) is 33.6 Å². The lowest BCUT2D eigenvalue weighted by atomic mass is 10.2. The first kappa shape index (κ1) is 16.3. The highest BCUT2D eigenvalue weighted by atomic mass is 32.1. The SMILES string of the molecule is C(#Cc1csc(-c2nc(C#Cc3ccccc3)cs2)n1)c1ccccc1. The van der Waals surface area contributed by atoms with Crippen molar-refractivity contribution >= 4 is 22.7 Å². The third-order valence-electron chi connectivity index (χ3n) is 3.41. The van der Waals surface area contributed by atoms with E-state index < -0.39 is 0 Å². The fourth-order valence-corrected chi connectivity index (χ4v) is 3.73. The number of nitrogens with zero attached hydrogens (tertiary/aromatic N) is 2. The number of benzene rings is 2. The Morgan fingerprint density at radius 1 is 0.538 bits per heavy atom. The fourth-order valence-electron chi connectivity index (χ4n) is 2.17. The van der Waals surface area contributed by atoms with Crippen LogP contribution in [0.3, 0.4) is 0 Å². The molecule has 4 rings (SSSR count). The summed E-state index contributed by atoms with van der Waals surface area (Å²) in [6, 6.07) is 19.8. The van der Waals surface area contributed by atoms with Gasteiger partial charge in [-0.25, -0.2) is 9.97 Å². The van der Waals surface area contributed by atoms with Gasteiger partial charge in [0.15, 0.2) is 10.0 Å². The van der Waals surface area contributed by atoms with Gasteiger partial charge in [0.1, 0.15) is 11.4 Å². The van der Waals surface area contributed by atoms with E-state index in [9.17, 15) is 0 Å². The molecular weight excluding hydrogens is 356 g/mol. The van der Waals surface area contributed by atoms with Gasteiger partial charge in [-0.05, 0) is 36.1 Å². The van der Waals surface area contributed by atoms with Crippen molar-refractivity contribution in [2.45, 2.75) is 0 Å². The molecule has 4 aromatic rings. The molecule has 0 fully saturated rings. The van der Waals surface area contributed by atoms with Crippen molar-refractivity contribution in [3.8, 4) is 33.7 Å². The predicted molar refractivity (Wildman–Crippen MR) is 108 cm³/mol. The maximum absolute atomic E-state index is 4.57. The van der Waals surface area contributed by atoms with Crippen LogP contribution < -0.4 is 0 Å². The number of hydrogen-bond donors (Lipinski definition) is 0. The first-order valence-corrected chi connectivity index (χ1v) is 9.68. The van der Waals surface area contributed by atoms with E-state index in [1.54, 1.807) is 22.7 Å². The second-order valence-corrected chi connectivity index (χ2v) is 7.02. The monoisotopic (exact) mass is 368 g/mol. The molecule has 2 nitrogen and oxygen atoms in total. The maximum Gasteiger partial charge on any atom is 0.153 e. The summed E-state index contributed by atoms with van der Waals surface area (Å²) in [7, 11) is 0. The summed E-state index contributed by atoms with van der Waals surface area (Å²) in [6.45, 7) is 0. The van der Waals surface area contributed by atoms with E-state index in [1.165, 1.54) is 0 Å². The topological polar surface area (TPSA) is 25.8 Å². The highest BCUT2D eigenvalue weighted by Crippen LogP contribution is 2.26. The lowest BCUT2D eigenvalue weighted by Crippen LogP contribution is -1.79. The second kappa shape index (κ2) is 7.80. The van der Waals surface area contributed by atoms with Gasteiger partial charge in [0, 0.05) is 21.9 Å². The van der Waals surface area contributed by atoms with Crippen LogP contribution in [0.5, 0.6) is 0 Å². The first-order valence-electron chi connectivity index (χ1n) is 7.92. The van der Waals surface area contributed by atoms with Gasteiger partial charge in [0.25, 0.3) is 0 Å². The van der Waals surface area contributed by atoms with E-state index in [1.807, 2.05) is 71.4 Å². The third kappa shape index (κ3) is 4.07. The van der Waals surface area contributed by atoms with Gasteiger partial charge in [-0.15, -0.1) is 22.7 Å². The molecular formula is C22H12N2S2. The summed E-state index contributed by atoms with van der Waals surface area (Å²) in [5, 5.41) is 5.67. The van der Waals surface area contributed by atoms with Crippen LogP contribution in [0.25, 0.3) is 10.0 Å². The predicted octanol–water partition coefficient (Wildman–Crippen LogP) is 5.07. The van der Waals surface area contributed by atoms with Crippen molar-refractivity contribution in [3.63, 3.8) is 0 Å². The Balaban J connectivity index is 1.51. The summed E-state index contributed by atoms with van der Waals surface area (Å²) < 4.78 is 0. The molecule has 2 aromatic carbocycles. The molecule has 0 atom stereocenters. The summed E-state index contributed by atoms with van der Waals surface area (Å²) in [5.41, 5.74) is 3.49. The average molecular weight is 368 g/mol. The van der Waals surface area contributed by atoms with Crippen molar-refractivity contribution in [2.75, 3.05) is 0 Å². The van der Waals surface area contributed by atoms with E-state index >= 15 is 0 Å². The molecule has 0 radical (unpaired) electrons. The molecule has 0 aliphatic heterocycles. The van der Waals surface area contributed by atoms with Gasteiger partial charge >= 0.3 is 0 Å². The smallest absolute Gasteiger partial charge is 0.153 e. The van der Waals surface area contributed by atoms with Crippen LogP contribution in [0.15, 0.2) is 71.4 Å². The lowest BCUT2D eigenvalue weighted by molar-refractivity contribution is 1.31. The standard InChI is InChI=1S/C22H12N2S2/c1-3-7-17(8-4-1)11-13-19-15-25-21(23-19)22-24-20(16-26-22)14-12-18-9-5-2-6-10-18/h1-10,15-16H. The number of thiazole rings is 2. The van der Waals surface area contributed by atoms with Gasteiger partial charge in [-0.1, -0.05) is 48.2 Å². The molecule has 0 saturated heterocycles. The molecule has 0 bridgehead atoms. The van der Waals surface area contributed by atoms with Crippen molar-refractivity contribution in [1.29, 1.82) is 0 Å². The van der Waals surface area contributed by atoms with Crippen molar-refractivity contribution in [2.24, 2.45) is 0 Å². The molecule has 2 heterocycles. The molecule has 0 aliphatic rings. The molecule has 2 aromatic heterocycles. The van der Waals surface area contributed by atoms with Crippen LogP contribution >= 0.6 is 22.7 Å². The van der Waals surface area contributed by atoms with Gasteiger partial charge < -0.3 is 0 Å². The Morgan fingerprint density at radius 3 is 1.38 bits per heavy atom. The second-order valence-electron chi connectivity index (χ2n) is 5.31. The first-order chi connectivity index (χ1) is 12.9. The molecule has 0 unspecified atom stereocenters. The van der Waals surface area contributed by atoms with Crippen molar-refractivity contribution < 1.29 is 0 Å². The minimum Gasteiger partial charge on any atom is -0.225 e. The molecule has 26 heavy (non-hydrogen) atoms. The molecule has 0 amide bonds. The number of hydrogen-bond acceptors (Lipinski definition) is 4. The Bertz CT molecular complexity index is 1040. The van der Waals surface area contributed by atoms with E-state index in [-0.39, 0.29) is 0 Å². The van der Waals surface area contributed by atoms with Crippen LogP contribution in [-0.4, -0.2) is 9.97 Å².